The zero-order valence-corrected chi connectivity index (χ0v) is 15.1. The molecule has 3 nitrogen and oxygen atoms in total. The highest BCUT2D eigenvalue weighted by Crippen LogP contribution is 2.43. The molecule has 0 bridgehead atoms. The van der Waals surface area contributed by atoms with Crippen LogP contribution in [0.2, 0.25) is 0 Å². The van der Waals surface area contributed by atoms with Crippen LogP contribution in [0.5, 0.6) is 5.75 Å². The molecule has 0 saturated carbocycles. The average Bonchev–Trinajstić information content (AvgIpc) is 2.48. The summed E-state index contributed by atoms with van der Waals surface area (Å²) in [5, 5.41) is 12.7. The molecule has 0 saturated heterocycles. The van der Waals surface area contributed by atoms with E-state index in [0.717, 1.165) is 29.2 Å². The monoisotopic (exact) mass is 326 g/mol. The average molecular weight is 326 g/mol. The van der Waals surface area contributed by atoms with E-state index in [-0.39, 0.29) is 23.4 Å². The third kappa shape index (κ3) is 2.66. The highest BCUT2D eigenvalue weighted by molar-refractivity contribution is 5.89. The lowest BCUT2D eigenvalue weighted by Crippen LogP contribution is -2.41. The minimum Gasteiger partial charge on any atom is -0.508 e. The van der Waals surface area contributed by atoms with Crippen molar-refractivity contribution in [1.29, 1.82) is 0 Å². The molecule has 0 amide bonds. The van der Waals surface area contributed by atoms with E-state index in [4.69, 9.17) is 4.74 Å². The van der Waals surface area contributed by atoms with Crippen LogP contribution in [0.15, 0.2) is 24.3 Å². The first-order valence-electron chi connectivity index (χ1n) is 8.68. The number of phenols is 1. The third-order valence-electron chi connectivity index (χ3n) is 5.36. The molecule has 0 unspecified atom stereocenters. The summed E-state index contributed by atoms with van der Waals surface area (Å²) in [6.45, 7) is 9.91. The van der Waals surface area contributed by atoms with Gasteiger partial charge in [0.25, 0.3) is 0 Å². The predicted molar refractivity (Wildman–Crippen MR) is 96.6 cm³/mol. The van der Waals surface area contributed by atoms with Crippen molar-refractivity contribution >= 4 is 16.7 Å². The number of aryl methyl sites for hydroxylation is 1. The zero-order valence-electron chi connectivity index (χ0n) is 15.1. The molecular weight excluding hydrogens is 300 g/mol. The Balaban J connectivity index is 2.15. The molecule has 3 heteroatoms. The lowest BCUT2D eigenvalue weighted by molar-refractivity contribution is -0.150. The molecule has 1 aliphatic rings. The lowest BCUT2D eigenvalue weighted by Gasteiger charge is -2.40. The van der Waals surface area contributed by atoms with Crippen LogP contribution in [0.4, 0.5) is 0 Å². The number of rotatable bonds is 2. The number of carbonyl (C=O) groups is 1. The summed E-state index contributed by atoms with van der Waals surface area (Å²) in [5.74, 6) is 0.428. The predicted octanol–water partition coefficient (Wildman–Crippen LogP) is 4.82. The van der Waals surface area contributed by atoms with E-state index in [0.29, 0.717) is 5.75 Å². The summed E-state index contributed by atoms with van der Waals surface area (Å²) in [6.07, 6.45) is 1.56. The molecule has 128 valence electrons. The van der Waals surface area contributed by atoms with E-state index in [1.165, 1.54) is 18.1 Å². The Morgan fingerprint density at radius 2 is 2.00 bits per heavy atom. The molecule has 1 aliphatic carbocycles. The summed E-state index contributed by atoms with van der Waals surface area (Å²) >= 11 is 0. The van der Waals surface area contributed by atoms with Crippen LogP contribution in [0.3, 0.4) is 0 Å². The minimum atomic E-state index is -0.236. The van der Waals surface area contributed by atoms with E-state index in [1.807, 2.05) is 6.07 Å². The van der Waals surface area contributed by atoms with Gasteiger partial charge in [0.1, 0.15) is 11.9 Å². The quantitative estimate of drug-likeness (QED) is 0.805. The molecule has 0 aromatic heterocycles. The number of aromatic hydroxyl groups is 1. The number of fused-ring (bicyclic) bond motifs is 3. The number of benzene rings is 2. The topological polar surface area (TPSA) is 46.5 Å². The number of carbonyl (C=O) groups excluding carboxylic acids is 1. The molecule has 3 rings (SSSR count). The van der Waals surface area contributed by atoms with Gasteiger partial charge in [-0.1, -0.05) is 39.8 Å². The normalized spacial score (nSPS) is 19.3. The fourth-order valence-electron chi connectivity index (χ4n) is 3.99. The molecule has 1 N–H and O–H groups in total. The molecule has 2 aromatic carbocycles. The minimum absolute atomic E-state index is 0.108. The summed E-state index contributed by atoms with van der Waals surface area (Å²) in [4.78, 5) is 11.4. The Kier molecular flexibility index (Phi) is 4.06. The molecule has 24 heavy (non-hydrogen) atoms. The van der Waals surface area contributed by atoms with Crippen LogP contribution in [-0.4, -0.2) is 17.2 Å². The Morgan fingerprint density at radius 1 is 1.29 bits per heavy atom. The van der Waals surface area contributed by atoms with Crippen molar-refractivity contribution in [2.24, 2.45) is 0 Å². The standard InChI is InChI=1S/C21H26O3/c1-12(2)16-10-14-6-8-18-15(17(14)11-19(16)23)7-9-20(21(18,4)5)24-13(3)22/h6,8,10-12,20,23H,7,9H2,1-5H3/t20-/m1/s1. The van der Waals surface area contributed by atoms with Crippen LogP contribution in [0, 0.1) is 0 Å². The molecule has 0 fully saturated rings. The maximum Gasteiger partial charge on any atom is 0.302 e. The van der Waals surface area contributed by atoms with Crippen molar-refractivity contribution in [2.45, 2.75) is 64.9 Å². The van der Waals surface area contributed by atoms with Crippen molar-refractivity contribution in [3.63, 3.8) is 0 Å². The van der Waals surface area contributed by atoms with Crippen LogP contribution in [0.25, 0.3) is 10.8 Å². The number of hydrogen-bond donors (Lipinski definition) is 1. The Bertz CT molecular complexity index is 802. The second-order valence-electron chi connectivity index (χ2n) is 7.74. The SMILES string of the molecule is CC(=O)O[C@@H]1CCc2c(ccc3cc(C(C)C)c(O)cc23)C1(C)C. The zero-order chi connectivity index (χ0) is 17.6. The van der Waals surface area contributed by atoms with Gasteiger partial charge in [0.05, 0.1) is 0 Å². The van der Waals surface area contributed by atoms with E-state index >= 15 is 0 Å². The van der Waals surface area contributed by atoms with Crippen molar-refractivity contribution in [1.82, 2.24) is 0 Å². The van der Waals surface area contributed by atoms with Crippen LogP contribution < -0.4 is 0 Å². The molecular formula is C21H26O3. The van der Waals surface area contributed by atoms with Crippen LogP contribution >= 0.6 is 0 Å². The first-order valence-corrected chi connectivity index (χ1v) is 8.68. The van der Waals surface area contributed by atoms with Gasteiger partial charge < -0.3 is 9.84 Å². The van der Waals surface area contributed by atoms with Gasteiger partial charge >= 0.3 is 5.97 Å². The number of esters is 1. The van der Waals surface area contributed by atoms with Gasteiger partial charge in [0.15, 0.2) is 0 Å². The van der Waals surface area contributed by atoms with E-state index in [1.54, 1.807) is 0 Å². The van der Waals surface area contributed by atoms with E-state index in [2.05, 4.69) is 45.9 Å². The number of phenolic OH excluding ortho intramolecular Hbond substituents is 1. The van der Waals surface area contributed by atoms with Gasteiger partial charge in [-0.2, -0.15) is 0 Å². The van der Waals surface area contributed by atoms with Gasteiger partial charge in [0.2, 0.25) is 0 Å². The molecule has 2 aromatic rings. The molecule has 0 heterocycles. The Hall–Kier alpha value is -2.03. The molecule has 0 spiro atoms. The Labute approximate surface area is 143 Å². The molecule has 0 aliphatic heterocycles. The fraction of sp³-hybridized carbons (Fsp3) is 0.476. The van der Waals surface area contributed by atoms with Gasteiger partial charge in [-0.3, -0.25) is 4.79 Å². The largest absolute Gasteiger partial charge is 0.508 e. The smallest absolute Gasteiger partial charge is 0.302 e. The van der Waals surface area contributed by atoms with Crippen LogP contribution in [-0.2, 0) is 21.4 Å². The summed E-state index contributed by atoms with van der Waals surface area (Å²) in [5.41, 5.74) is 3.23. The summed E-state index contributed by atoms with van der Waals surface area (Å²) in [7, 11) is 0. The van der Waals surface area contributed by atoms with Crippen molar-refractivity contribution < 1.29 is 14.6 Å². The van der Waals surface area contributed by atoms with Gasteiger partial charge in [-0.05, 0) is 58.4 Å². The van der Waals surface area contributed by atoms with Crippen LogP contribution in [0.1, 0.15) is 63.6 Å². The number of hydrogen-bond acceptors (Lipinski definition) is 3. The molecule has 0 radical (unpaired) electrons. The van der Waals surface area contributed by atoms with Gasteiger partial charge in [0, 0.05) is 12.3 Å². The van der Waals surface area contributed by atoms with Crippen molar-refractivity contribution in [2.75, 3.05) is 0 Å². The van der Waals surface area contributed by atoms with Crippen molar-refractivity contribution in [3.05, 3.63) is 41.0 Å². The van der Waals surface area contributed by atoms with Gasteiger partial charge in [-0.15, -0.1) is 0 Å². The van der Waals surface area contributed by atoms with E-state index in [9.17, 15) is 9.90 Å². The highest BCUT2D eigenvalue weighted by atomic mass is 16.5. The van der Waals surface area contributed by atoms with E-state index < -0.39 is 0 Å². The highest BCUT2D eigenvalue weighted by Gasteiger charge is 2.39. The maximum atomic E-state index is 11.4. The first kappa shape index (κ1) is 16.8. The maximum absolute atomic E-state index is 11.4. The van der Waals surface area contributed by atoms with Gasteiger partial charge in [-0.25, -0.2) is 0 Å². The molecule has 1 atom stereocenters. The lowest BCUT2D eigenvalue weighted by atomic mass is 9.69. The first-order chi connectivity index (χ1) is 11.2. The fourth-order valence-corrected chi connectivity index (χ4v) is 3.99. The second-order valence-corrected chi connectivity index (χ2v) is 7.74. The summed E-state index contributed by atoms with van der Waals surface area (Å²) < 4.78 is 5.56. The Morgan fingerprint density at radius 3 is 2.62 bits per heavy atom. The number of ether oxygens (including phenoxy) is 1. The summed E-state index contributed by atoms with van der Waals surface area (Å²) in [6, 6.07) is 8.29. The van der Waals surface area contributed by atoms with Crippen molar-refractivity contribution in [3.8, 4) is 5.75 Å². The second kappa shape index (κ2) is 5.80. The third-order valence-corrected chi connectivity index (χ3v) is 5.36.